The van der Waals surface area contributed by atoms with Crippen molar-refractivity contribution < 1.29 is 24.2 Å². The van der Waals surface area contributed by atoms with E-state index >= 15 is 0 Å². The molecule has 0 aromatic heterocycles. The van der Waals surface area contributed by atoms with Gasteiger partial charge in [-0.15, -0.1) is 0 Å². The highest BCUT2D eigenvalue weighted by atomic mass is 16.5. The second kappa shape index (κ2) is 4.08. The lowest BCUT2D eigenvalue weighted by molar-refractivity contribution is -0.141. The molecular weight excluding hydrogens is 190 g/mol. The molecule has 2 N–H and O–H groups in total. The van der Waals surface area contributed by atoms with Crippen molar-refractivity contribution in [1.82, 2.24) is 5.32 Å². The van der Waals surface area contributed by atoms with Crippen molar-refractivity contribution in [1.29, 1.82) is 0 Å². The Balaban J connectivity index is 2.25. The van der Waals surface area contributed by atoms with E-state index in [-0.39, 0.29) is 6.54 Å². The molecule has 14 heavy (non-hydrogen) atoms. The minimum atomic E-state index is -0.969. The molecule has 0 aliphatic heterocycles. The molecule has 1 rings (SSSR count). The number of methoxy groups -OCH3 is 1. The molecule has 1 amide bonds. The summed E-state index contributed by atoms with van der Waals surface area (Å²) < 4.78 is 4.31. The van der Waals surface area contributed by atoms with Crippen molar-refractivity contribution in [2.45, 2.75) is 6.42 Å². The van der Waals surface area contributed by atoms with Crippen LogP contribution in [0, 0.1) is 11.8 Å². The quantitative estimate of drug-likeness (QED) is 0.569. The van der Waals surface area contributed by atoms with Gasteiger partial charge >= 0.3 is 11.9 Å². The Bertz CT molecular complexity index is 275. The summed E-state index contributed by atoms with van der Waals surface area (Å²) in [5.41, 5.74) is 0. The van der Waals surface area contributed by atoms with Crippen LogP contribution in [0.1, 0.15) is 6.42 Å². The molecular formula is C8H11NO5. The van der Waals surface area contributed by atoms with E-state index in [2.05, 4.69) is 10.1 Å². The number of aliphatic carboxylic acids is 1. The van der Waals surface area contributed by atoms with Gasteiger partial charge in [0.15, 0.2) is 0 Å². The summed E-state index contributed by atoms with van der Waals surface area (Å²) in [4.78, 5) is 32.2. The lowest BCUT2D eigenvalue weighted by atomic mass is 10.3. The number of carboxylic acid groups (broad SMARTS) is 1. The maximum atomic E-state index is 11.2. The molecule has 0 aromatic carbocycles. The van der Waals surface area contributed by atoms with Crippen LogP contribution in [0.4, 0.5) is 0 Å². The average Bonchev–Trinajstić information content (AvgIpc) is 2.92. The second-order valence-electron chi connectivity index (χ2n) is 3.08. The lowest BCUT2D eigenvalue weighted by Crippen LogP contribution is -2.32. The van der Waals surface area contributed by atoms with E-state index < -0.39 is 29.7 Å². The molecule has 1 aliphatic rings. The van der Waals surface area contributed by atoms with E-state index in [0.717, 1.165) is 0 Å². The van der Waals surface area contributed by atoms with E-state index in [1.54, 1.807) is 0 Å². The van der Waals surface area contributed by atoms with Gasteiger partial charge in [0.05, 0.1) is 18.9 Å². The predicted octanol–water partition coefficient (Wildman–Crippen LogP) is -1.00. The number of hydrogen-bond acceptors (Lipinski definition) is 4. The number of ether oxygens (including phenoxy) is 1. The van der Waals surface area contributed by atoms with Crippen molar-refractivity contribution in [3.8, 4) is 0 Å². The zero-order valence-corrected chi connectivity index (χ0v) is 7.65. The van der Waals surface area contributed by atoms with Crippen LogP contribution in [-0.2, 0) is 19.1 Å². The smallest absolute Gasteiger partial charge is 0.325 e. The van der Waals surface area contributed by atoms with Crippen LogP contribution in [0.2, 0.25) is 0 Å². The Morgan fingerprint density at radius 2 is 2.07 bits per heavy atom. The lowest BCUT2D eigenvalue weighted by Gasteiger charge is -2.01. The van der Waals surface area contributed by atoms with Crippen molar-refractivity contribution >= 4 is 17.8 Å². The molecule has 0 heterocycles. The van der Waals surface area contributed by atoms with Crippen molar-refractivity contribution in [3.05, 3.63) is 0 Å². The Morgan fingerprint density at radius 3 is 2.50 bits per heavy atom. The third-order valence-corrected chi connectivity index (χ3v) is 2.08. The van der Waals surface area contributed by atoms with Crippen molar-refractivity contribution in [3.63, 3.8) is 0 Å². The Kier molecular flexibility index (Phi) is 3.06. The van der Waals surface area contributed by atoms with Crippen molar-refractivity contribution in [2.24, 2.45) is 11.8 Å². The standard InChI is InChI=1S/C8H11NO5/c1-14-6(10)3-9-7(11)4-2-5(4)8(12)13/h4-5H,2-3H2,1H3,(H,9,11)(H,12,13)/t4-,5+/m1/s1. The molecule has 1 fully saturated rings. The van der Waals surface area contributed by atoms with Gasteiger partial charge in [0.2, 0.25) is 5.91 Å². The number of carbonyl (C=O) groups is 3. The van der Waals surface area contributed by atoms with Gasteiger partial charge in [-0.3, -0.25) is 14.4 Å². The maximum absolute atomic E-state index is 11.2. The Labute approximate surface area is 80.2 Å². The third kappa shape index (κ3) is 2.45. The van der Waals surface area contributed by atoms with Gasteiger partial charge in [-0.05, 0) is 6.42 Å². The molecule has 0 unspecified atom stereocenters. The van der Waals surface area contributed by atoms with Crippen LogP contribution in [-0.4, -0.2) is 36.6 Å². The van der Waals surface area contributed by atoms with E-state index in [9.17, 15) is 14.4 Å². The molecule has 6 nitrogen and oxygen atoms in total. The largest absolute Gasteiger partial charge is 0.481 e. The summed E-state index contributed by atoms with van der Waals surface area (Å²) in [5.74, 6) is -3.00. The fourth-order valence-corrected chi connectivity index (χ4v) is 1.12. The summed E-state index contributed by atoms with van der Waals surface area (Å²) in [6.45, 7) is -0.210. The summed E-state index contributed by atoms with van der Waals surface area (Å²) in [6, 6.07) is 0. The van der Waals surface area contributed by atoms with Crippen LogP contribution < -0.4 is 5.32 Å². The van der Waals surface area contributed by atoms with E-state index in [0.29, 0.717) is 6.42 Å². The highest BCUT2D eigenvalue weighted by Gasteiger charge is 2.48. The first-order valence-corrected chi connectivity index (χ1v) is 4.13. The van der Waals surface area contributed by atoms with Crippen LogP contribution in [0.5, 0.6) is 0 Å². The number of rotatable bonds is 4. The second-order valence-corrected chi connectivity index (χ2v) is 3.08. The van der Waals surface area contributed by atoms with Crippen molar-refractivity contribution in [2.75, 3.05) is 13.7 Å². The molecule has 2 atom stereocenters. The molecule has 0 radical (unpaired) electrons. The topological polar surface area (TPSA) is 92.7 Å². The summed E-state index contributed by atoms with van der Waals surface area (Å²) in [6.07, 6.45) is 0.350. The molecule has 6 heteroatoms. The number of nitrogens with one attached hydrogen (secondary N) is 1. The molecule has 78 valence electrons. The van der Waals surface area contributed by atoms with Gasteiger partial charge in [0.1, 0.15) is 6.54 Å². The SMILES string of the molecule is COC(=O)CNC(=O)[C@@H]1C[C@@H]1C(=O)O. The van der Waals surface area contributed by atoms with Crippen LogP contribution >= 0.6 is 0 Å². The first kappa shape index (κ1) is 10.5. The van der Waals surface area contributed by atoms with Gasteiger partial charge in [-0.1, -0.05) is 0 Å². The van der Waals surface area contributed by atoms with Gasteiger partial charge in [-0.2, -0.15) is 0 Å². The van der Waals surface area contributed by atoms with E-state index in [1.807, 2.05) is 0 Å². The highest BCUT2D eigenvalue weighted by Crippen LogP contribution is 2.38. The van der Waals surface area contributed by atoms with Crippen LogP contribution in [0.25, 0.3) is 0 Å². The predicted molar refractivity (Wildman–Crippen MR) is 44.3 cm³/mol. The van der Waals surface area contributed by atoms with Gasteiger partial charge in [0.25, 0.3) is 0 Å². The Morgan fingerprint density at radius 1 is 1.43 bits per heavy atom. The molecule has 0 saturated heterocycles. The van der Waals surface area contributed by atoms with Crippen LogP contribution in [0.15, 0.2) is 0 Å². The normalized spacial score (nSPS) is 23.8. The zero-order chi connectivity index (χ0) is 10.7. The zero-order valence-electron chi connectivity index (χ0n) is 7.65. The summed E-state index contributed by atoms with van der Waals surface area (Å²) in [7, 11) is 1.21. The monoisotopic (exact) mass is 201 g/mol. The van der Waals surface area contributed by atoms with Gasteiger partial charge in [-0.25, -0.2) is 0 Å². The first-order valence-electron chi connectivity index (χ1n) is 4.13. The third-order valence-electron chi connectivity index (χ3n) is 2.08. The molecule has 1 saturated carbocycles. The summed E-state index contributed by atoms with van der Waals surface area (Å²) in [5, 5.41) is 10.8. The highest BCUT2D eigenvalue weighted by molar-refractivity contribution is 5.91. The van der Waals surface area contributed by atoms with Crippen LogP contribution in [0.3, 0.4) is 0 Å². The number of hydrogen-bond donors (Lipinski definition) is 2. The number of amides is 1. The molecule has 1 aliphatic carbocycles. The fourth-order valence-electron chi connectivity index (χ4n) is 1.12. The molecule has 0 bridgehead atoms. The maximum Gasteiger partial charge on any atom is 0.325 e. The minimum absolute atomic E-state index is 0.210. The first-order chi connectivity index (χ1) is 6.56. The number of carbonyl (C=O) groups excluding carboxylic acids is 2. The van der Waals surface area contributed by atoms with E-state index in [1.165, 1.54) is 7.11 Å². The number of carboxylic acids is 1. The average molecular weight is 201 g/mol. The summed E-state index contributed by atoms with van der Waals surface area (Å²) >= 11 is 0. The van der Waals surface area contributed by atoms with E-state index in [4.69, 9.17) is 5.11 Å². The van der Waals surface area contributed by atoms with Gasteiger partial charge < -0.3 is 15.2 Å². The molecule has 0 aromatic rings. The Hall–Kier alpha value is -1.59. The minimum Gasteiger partial charge on any atom is -0.481 e. The molecule has 0 spiro atoms. The number of esters is 1. The fraction of sp³-hybridized carbons (Fsp3) is 0.625. The van der Waals surface area contributed by atoms with Gasteiger partial charge in [0, 0.05) is 0 Å².